The molecule has 0 aliphatic carbocycles. The molecule has 0 bridgehead atoms. The number of hydrogen-bond acceptors (Lipinski definition) is 6. The first-order valence-corrected chi connectivity index (χ1v) is 10.5. The van der Waals surface area contributed by atoms with Gasteiger partial charge < -0.3 is 25.3 Å². The van der Waals surface area contributed by atoms with Crippen LogP contribution in [0.1, 0.15) is 0 Å². The SMILES string of the molecule is C=CC(=O)NC1CN(c2cc(Nc3ccc(N4CCN(C)CC4)cc3)ncc2Cl)C1. The molecule has 4 rings (SSSR count). The summed E-state index contributed by atoms with van der Waals surface area (Å²) < 4.78 is 0. The lowest BCUT2D eigenvalue weighted by Crippen LogP contribution is -2.59. The summed E-state index contributed by atoms with van der Waals surface area (Å²) in [4.78, 5) is 22.7. The minimum atomic E-state index is -0.150. The number of nitrogens with one attached hydrogen (secondary N) is 2. The lowest BCUT2D eigenvalue weighted by Gasteiger charge is -2.41. The summed E-state index contributed by atoms with van der Waals surface area (Å²) in [6.45, 7) is 9.18. The zero-order valence-electron chi connectivity index (χ0n) is 17.1. The number of benzene rings is 1. The van der Waals surface area contributed by atoms with Crippen LogP contribution < -0.4 is 20.4 Å². The highest BCUT2D eigenvalue weighted by molar-refractivity contribution is 6.33. The van der Waals surface area contributed by atoms with Crippen LogP contribution in [0.5, 0.6) is 0 Å². The predicted molar refractivity (Wildman–Crippen MR) is 123 cm³/mol. The maximum Gasteiger partial charge on any atom is 0.243 e. The van der Waals surface area contributed by atoms with Crippen LogP contribution in [0.2, 0.25) is 5.02 Å². The fourth-order valence-corrected chi connectivity index (χ4v) is 3.96. The molecular weight excluding hydrogens is 400 g/mol. The van der Waals surface area contributed by atoms with Crippen LogP contribution in [0.4, 0.5) is 22.9 Å². The van der Waals surface area contributed by atoms with Crippen LogP contribution in [0.15, 0.2) is 49.2 Å². The predicted octanol–water partition coefficient (Wildman–Crippen LogP) is 2.72. The highest BCUT2D eigenvalue weighted by atomic mass is 35.5. The number of carbonyl (C=O) groups is 1. The van der Waals surface area contributed by atoms with Gasteiger partial charge >= 0.3 is 0 Å². The van der Waals surface area contributed by atoms with Gasteiger partial charge in [-0.2, -0.15) is 0 Å². The van der Waals surface area contributed by atoms with E-state index in [1.54, 1.807) is 6.20 Å². The van der Waals surface area contributed by atoms with E-state index in [-0.39, 0.29) is 11.9 Å². The van der Waals surface area contributed by atoms with Gasteiger partial charge in [-0.25, -0.2) is 4.98 Å². The second kappa shape index (κ2) is 8.93. The van der Waals surface area contributed by atoms with E-state index >= 15 is 0 Å². The van der Waals surface area contributed by atoms with Crippen molar-refractivity contribution in [3.63, 3.8) is 0 Å². The van der Waals surface area contributed by atoms with Crippen LogP contribution in [-0.4, -0.2) is 68.1 Å². The first-order chi connectivity index (χ1) is 14.5. The number of hydrogen-bond donors (Lipinski definition) is 2. The highest BCUT2D eigenvalue weighted by Gasteiger charge is 2.29. The van der Waals surface area contributed by atoms with Gasteiger partial charge in [0.2, 0.25) is 5.91 Å². The summed E-state index contributed by atoms with van der Waals surface area (Å²) in [5.41, 5.74) is 3.13. The molecule has 3 heterocycles. The monoisotopic (exact) mass is 426 g/mol. The van der Waals surface area contributed by atoms with E-state index in [4.69, 9.17) is 11.6 Å². The van der Waals surface area contributed by atoms with E-state index in [0.717, 1.165) is 43.4 Å². The van der Waals surface area contributed by atoms with Gasteiger partial charge in [0.05, 0.1) is 22.9 Å². The van der Waals surface area contributed by atoms with Crippen molar-refractivity contribution in [1.82, 2.24) is 15.2 Å². The molecule has 2 saturated heterocycles. The molecule has 2 aliphatic rings. The number of likely N-dealkylation sites (N-methyl/N-ethyl adjacent to an activating group) is 1. The number of pyridine rings is 1. The molecule has 8 heteroatoms. The molecular formula is C22H27ClN6O. The number of amides is 1. The molecule has 0 unspecified atom stereocenters. The van der Waals surface area contributed by atoms with Crippen molar-refractivity contribution in [2.75, 3.05) is 61.4 Å². The molecule has 0 radical (unpaired) electrons. The zero-order chi connectivity index (χ0) is 21.1. The van der Waals surface area contributed by atoms with Gasteiger partial charge in [0.15, 0.2) is 0 Å². The molecule has 0 saturated carbocycles. The van der Waals surface area contributed by atoms with Crippen LogP contribution in [0.25, 0.3) is 0 Å². The molecule has 30 heavy (non-hydrogen) atoms. The second-order valence-electron chi connectivity index (χ2n) is 7.80. The second-order valence-corrected chi connectivity index (χ2v) is 8.20. The van der Waals surface area contributed by atoms with Gasteiger partial charge in [0.25, 0.3) is 0 Å². The number of piperazine rings is 1. The summed E-state index contributed by atoms with van der Waals surface area (Å²) in [7, 11) is 2.16. The van der Waals surface area contributed by atoms with Gasteiger partial charge in [-0.05, 0) is 37.4 Å². The molecule has 158 valence electrons. The average molecular weight is 427 g/mol. The molecule has 7 nitrogen and oxygen atoms in total. The van der Waals surface area contributed by atoms with Crippen molar-refractivity contribution in [2.24, 2.45) is 0 Å². The van der Waals surface area contributed by atoms with Crippen molar-refractivity contribution in [2.45, 2.75) is 6.04 Å². The Morgan fingerprint density at radius 3 is 2.53 bits per heavy atom. The van der Waals surface area contributed by atoms with E-state index in [2.05, 4.69) is 68.2 Å². The number of anilines is 4. The van der Waals surface area contributed by atoms with Crippen molar-refractivity contribution in [3.05, 3.63) is 54.2 Å². The van der Waals surface area contributed by atoms with Gasteiger partial charge in [-0.1, -0.05) is 18.2 Å². The van der Waals surface area contributed by atoms with Crippen LogP contribution >= 0.6 is 11.6 Å². The minimum Gasteiger partial charge on any atom is -0.369 e. The quantitative estimate of drug-likeness (QED) is 0.692. The molecule has 0 atom stereocenters. The maximum absolute atomic E-state index is 11.4. The number of halogens is 1. The van der Waals surface area contributed by atoms with Crippen LogP contribution in [0.3, 0.4) is 0 Å². The molecule has 2 N–H and O–H groups in total. The summed E-state index contributed by atoms with van der Waals surface area (Å²) in [5.74, 6) is 0.586. The van der Waals surface area contributed by atoms with Crippen LogP contribution in [-0.2, 0) is 4.79 Å². The molecule has 2 aromatic rings. The zero-order valence-corrected chi connectivity index (χ0v) is 17.9. The first-order valence-electron chi connectivity index (χ1n) is 10.2. The third kappa shape index (κ3) is 4.68. The van der Waals surface area contributed by atoms with E-state index < -0.39 is 0 Å². The van der Waals surface area contributed by atoms with Crippen molar-refractivity contribution >= 4 is 40.4 Å². The highest BCUT2D eigenvalue weighted by Crippen LogP contribution is 2.32. The molecule has 1 amide bonds. The Morgan fingerprint density at radius 1 is 1.17 bits per heavy atom. The summed E-state index contributed by atoms with van der Waals surface area (Å²) >= 11 is 6.36. The number of rotatable bonds is 6. The van der Waals surface area contributed by atoms with Gasteiger partial charge in [0, 0.05) is 56.7 Å². The summed E-state index contributed by atoms with van der Waals surface area (Å²) in [6.07, 6.45) is 2.95. The Kier molecular flexibility index (Phi) is 6.11. The summed E-state index contributed by atoms with van der Waals surface area (Å²) in [5, 5.41) is 6.85. The third-order valence-electron chi connectivity index (χ3n) is 5.60. The van der Waals surface area contributed by atoms with Crippen molar-refractivity contribution < 1.29 is 4.79 Å². The average Bonchev–Trinajstić information content (AvgIpc) is 2.73. The van der Waals surface area contributed by atoms with Gasteiger partial charge in [0.1, 0.15) is 5.82 Å². The molecule has 2 aliphatic heterocycles. The van der Waals surface area contributed by atoms with E-state index in [1.165, 1.54) is 11.8 Å². The van der Waals surface area contributed by atoms with Crippen molar-refractivity contribution in [3.8, 4) is 0 Å². The Labute approximate surface area is 182 Å². The summed E-state index contributed by atoms with van der Waals surface area (Å²) in [6, 6.07) is 10.5. The lowest BCUT2D eigenvalue weighted by atomic mass is 10.1. The topological polar surface area (TPSA) is 63.7 Å². The lowest BCUT2D eigenvalue weighted by molar-refractivity contribution is -0.117. The van der Waals surface area contributed by atoms with E-state index in [1.807, 2.05) is 6.07 Å². The number of aromatic nitrogens is 1. The standard InChI is InChI=1S/C22H27ClN6O/c1-3-22(30)26-17-14-29(15-17)20-12-21(24-13-19(20)23)25-16-4-6-18(7-5-16)28-10-8-27(2)9-11-28/h3-7,12-13,17H,1,8-11,14-15H2,2H3,(H,24,25)(H,26,30). The first kappa shape index (κ1) is 20.5. The Bertz CT molecular complexity index is 904. The Hall–Kier alpha value is -2.77. The number of nitrogens with zero attached hydrogens (tertiary/aromatic N) is 4. The smallest absolute Gasteiger partial charge is 0.243 e. The normalized spacial score (nSPS) is 17.4. The van der Waals surface area contributed by atoms with Crippen molar-refractivity contribution in [1.29, 1.82) is 0 Å². The molecule has 1 aromatic carbocycles. The molecule has 0 spiro atoms. The minimum absolute atomic E-state index is 0.110. The largest absolute Gasteiger partial charge is 0.369 e. The fourth-order valence-electron chi connectivity index (χ4n) is 3.73. The van der Waals surface area contributed by atoms with Crippen LogP contribution in [0, 0.1) is 0 Å². The van der Waals surface area contributed by atoms with Gasteiger partial charge in [-0.3, -0.25) is 4.79 Å². The number of carbonyl (C=O) groups excluding carboxylic acids is 1. The third-order valence-corrected chi connectivity index (χ3v) is 5.89. The molecule has 1 aromatic heterocycles. The maximum atomic E-state index is 11.4. The Balaban J connectivity index is 1.38. The molecule has 2 fully saturated rings. The Morgan fingerprint density at radius 2 is 1.87 bits per heavy atom. The fraction of sp³-hybridized carbons (Fsp3) is 0.364. The van der Waals surface area contributed by atoms with E-state index in [0.29, 0.717) is 18.1 Å². The van der Waals surface area contributed by atoms with Gasteiger partial charge in [-0.15, -0.1) is 0 Å². The van der Waals surface area contributed by atoms with E-state index in [9.17, 15) is 4.79 Å².